The van der Waals surface area contributed by atoms with Crippen molar-refractivity contribution in [3.63, 3.8) is 0 Å². The molecule has 0 amide bonds. The summed E-state index contributed by atoms with van der Waals surface area (Å²) >= 11 is 3.10. The summed E-state index contributed by atoms with van der Waals surface area (Å²) in [6.07, 6.45) is 0. The molecule has 0 fully saturated rings. The molecule has 2 aromatic rings. The average molecular weight is 313 g/mol. The van der Waals surface area contributed by atoms with E-state index >= 15 is 0 Å². The van der Waals surface area contributed by atoms with E-state index in [-0.39, 0.29) is 0 Å². The first-order valence-corrected chi connectivity index (χ1v) is 6.04. The summed E-state index contributed by atoms with van der Waals surface area (Å²) in [6.45, 7) is 1.82. The minimum Gasteiger partial charge on any atom is -0.397 e. The largest absolute Gasteiger partial charge is 0.397 e. The van der Waals surface area contributed by atoms with Crippen molar-refractivity contribution in [1.29, 1.82) is 0 Å². The molecule has 0 saturated carbocycles. The molecule has 2 rings (SSSR count). The van der Waals surface area contributed by atoms with E-state index in [4.69, 9.17) is 5.73 Å². The van der Waals surface area contributed by atoms with Gasteiger partial charge in [-0.2, -0.15) is 0 Å². The van der Waals surface area contributed by atoms with Gasteiger partial charge in [0.15, 0.2) is 0 Å². The summed E-state index contributed by atoms with van der Waals surface area (Å²) in [6, 6.07) is 6.99. The molecule has 0 aliphatic carbocycles. The molecule has 0 saturated heterocycles. The zero-order valence-electron chi connectivity index (χ0n) is 9.60. The van der Waals surface area contributed by atoms with Gasteiger partial charge in [0.05, 0.1) is 15.8 Å². The monoisotopic (exact) mass is 312 g/mol. The van der Waals surface area contributed by atoms with E-state index < -0.39 is 11.6 Å². The van der Waals surface area contributed by atoms with Crippen LogP contribution in [0, 0.1) is 18.6 Å². The molecule has 0 radical (unpaired) electrons. The van der Waals surface area contributed by atoms with Gasteiger partial charge in [-0.25, -0.2) is 8.78 Å². The van der Waals surface area contributed by atoms with Crippen LogP contribution in [0.15, 0.2) is 34.8 Å². The lowest BCUT2D eigenvalue weighted by Gasteiger charge is -2.12. The van der Waals surface area contributed by atoms with Gasteiger partial charge in [-0.15, -0.1) is 0 Å². The normalized spacial score (nSPS) is 10.4. The Kier molecular flexibility index (Phi) is 3.52. The van der Waals surface area contributed by atoms with Gasteiger partial charge in [0.2, 0.25) is 0 Å². The minimum absolute atomic E-state index is 0.387. The molecule has 0 spiro atoms. The van der Waals surface area contributed by atoms with Gasteiger partial charge in [-0.1, -0.05) is 0 Å². The molecule has 0 aliphatic heterocycles. The molecule has 0 aliphatic rings. The molecule has 94 valence electrons. The number of anilines is 3. The van der Waals surface area contributed by atoms with Crippen molar-refractivity contribution >= 4 is 33.0 Å². The van der Waals surface area contributed by atoms with Crippen LogP contribution in [0.1, 0.15) is 5.56 Å². The van der Waals surface area contributed by atoms with E-state index in [0.717, 1.165) is 5.56 Å². The molecule has 2 aromatic carbocycles. The lowest BCUT2D eigenvalue weighted by atomic mass is 10.1. The summed E-state index contributed by atoms with van der Waals surface area (Å²) < 4.78 is 27.0. The molecular weight excluding hydrogens is 302 g/mol. The Balaban J connectivity index is 2.40. The maximum atomic E-state index is 13.4. The van der Waals surface area contributed by atoms with Crippen molar-refractivity contribution in [1.82, 2.24) is 0 Å². The zero-order chi connectivity index (χ0) is 13.3. The molecule has 0 unspecified atom stereocenters. The van der Waals surface area contributed by atoms with Crippen molar-refractivity contribution in [2.45, 2.75) is 6.92 Å². The Hall–Kier alpha value is -1.62. The number of hydrogen-bond acceptors (Lipinski definition) is 2. The van der Waals surface area contributed by atoms with Crippen molar-refractivity contribution in [3.8, 4) is 0 Å². The quantitative estimate of drug-likeness (QED) is 0.808. The summed E-state index contributed by atoms with van der Waals surface area (Å²) in [4.78, 5) is 0. The Morgan fingerprint density at radius 2 is 1.83 bits per heavy atom. The van der Waals surface area contributed by atoms with Crippen molar-refractivity contribution < 1.29 is 8.78 Å². The molecule has 0 bridgehead atoms. The van der Waals surface area contributed by atoms with Gasteiger partial charge in [0, 0.05) is 5.69 Å². The zero-order valence-corrected chi connectivity index (χ0v) is 11.2. The third-order valence-electron chi connectivity index (χ3n) is 2.55. The van der Waals surface area contributed by atoms with Crippen LogP contribution >= 0.6 is 15.9 Å². The van der Waals surface area contributed by atoms with Crippen LogP contribution in [0.4, 0.5) is 25.8 Å². The van der Waals surface area contributed by atoms with E-state index in [1.807, 2.05) is 6.92 Å². The number of hydrogen-bond donors (Lipinski definition) is 2. The van der Waals surface area contributed by atoms with E-state index in [2.05, 4.69) is 21.2 Å². The molecular formula is C13H11BrF2N2. The van der Waals surface area contributed by atoms with Crippen molar-refractivity contribution in [2.24, 2.45) is 0 Å². The number of nitrogens with two attached hydrogens (primary N) is 1. The van der Waals surface area contributed by atoms with Gasteiger partial charge in [0.1, 0.15) is 11.6 Å². The molecule has 3 N–H and O–H groups in total. The summed E-state index contributed by atoms with van der Waals surface area (Å²) in [5.74, 6) is -0.792. The van der Waals surface area contributed by atoms with Crippen LogP contribution in [0.5, 0.6) is 0 Å². The lowest BCUT2D eigenvalue weighted by Crippen LogP contribution is -1.99. The Morgan fingerprint density at radius 1 is 1.11 bits per heavy atom. The molecule has 18 heavy (non-hydrogen) atoms. The highest BCUT2D eigenvalue weighted by atomic mass is 79.9. The maximum absolute atomic E-state index is 13.4. The maximum Gasteiger partial charge on any atom is 0.139 e. The predicted octanol–water partition coefficient (Wildman–Crippen LogP) is 4.36. The first-order valence-electron chi connectivity index (χ1n) is 5.25. The number of benzene rings is 2. The molecule has 5 heteroatoms. The van der Waals surface area contributed by atoms with Gasteiger partial charge in [0.25, 0.3) is 0 Å². The Morgan fingerprint density at radius 3 is 2.56 bits per heavy atom. The summed E-state index contributed by atoms with van der Waals surface area (Å²) in [5, 5.41) is 2.92. The second-order valence-corrected chi connectivity index (χ2v) is 4.79. The van der Waals surface area contributed by atoms with Crippen LogP contribution in [0.3, 0.4) is 0 Å². The Labute approximate surface area is 112 Å². The second-order valence-electron chi connectivity index (χ2n) is 3.94. The van der Waals surface area contributed by atoms with Crippen molar-refractivity contribution in [2.75, 3.05) is 11.1 Å². The SMILES string of the molecule is Cc1cc(Br)c(F)cc1Nc1cc(F)ccc1N. The average Bonchev–Trinajstić information content (AvgIpc) is 2.30. The highest BCUT2D eigenvalue weighted by Gasteiger charge is 2.07. The minimum atomic E-state index is -0.401. The standard InChI is InChI=1S/C13H11BrF2N2/c1-7-4-9(14)10(16)6-12(7)18-13-5-8(15)2-3-11(13)17/h2-6,18H,17H2,1H3. The molecule has 2 nitrogen and oxygen atoms in total. The fraction of sp³-hybridized carbons (Fsp3) is 0.0769. The fourth-order valence-electron chi connectivity index (χ4n) is 1.56. The highest BCUT2D eigenvalue weighted by molar-refractivity contribution is 9.10. The van der Waals surface area contributed by atoms with Crippen LogP contribution in [0.2, 0.25) is 0 Å². The van der Waals surface area contributed by atoms with E-state index in [0.29, 0.717) is 21.5 Å². The third kappa shape index (κ3) is 2.61. The van der Waals surface area contributed by atoms with Gasteiger partial charge >= 0.3 is 0 Å². The third-order valence-corrected chi connectivity index (χ3v) is 3.16. The first kappa shape index (κ1) is 12.8. The van der Waals surface area contributed by atoms with Gasteiger partial charge in [-0.05, 0) is 58.7 Å². The smallest absolute Gasteiger partial charge is 0.139 e. The van der Waals surface area contributed by atoms with Crippen LogP contribution in [-0.2, 0) is 0 Å². The second kappa shape index (κ2) is 4.94. The topological polar surface area (TPSA) is 38.0 Å². The molecule has 0 atom stereocenters. The van der Waals surface area contributed by atoms with Crippen LogP contribution in [0.25, 0.3) is 0 Å². The summed E-state index contributed by atoms with van der Waals surface area (Å²) in [7, 11) is 0. The molecule has 0 heterocycles. The number of halogens is 3. The van der Waals surface area contributed by atoms with Crippen LogP contribution < -0.4 is 11.1 Å². The van der Waals surface area contributed by atoms with Crippen molar-refractivity contribution in [3.05, 3.63) is 52.0 Å². The van der Waals surface area contributed by atoms with E-state index in [1.54, 1.807) is 6.07 Å². The van der Waals surface area contributed by atoms with E-state index in [9.17, 15) is 8.78 Å². The highest BCUT2D eigenvalue weighted by Crippen LogP contribution is 2.29. The number of nitrogen functional groups attached to an aromatic ring is 1. The van der Waals surface area contributed by atoms with Gasteiger partial charge < -0.3 is 11.1 Å². The number of rotatable bonds is 2. The Bertz CT molecular complexity index is 600. The molecule has 0 aromatic heterocycles. The number of nitrogens with one attached hydrogen (secondary N) is 1. The lowest BCUT2D eigenvalue weighted by molar-refractivity contribution is 0.621. The predicted molar refractivity (Wildman–Crippen MR) is 72.9 cm³/mol. The number of aryl methyl sites for hydroxylation is 1. The van der Waals surface area contributed by atoms with E-state index in [1.165, 1.54) is 24.3 Å². The summed E-state index contributed by atoms with van der Waals surface area (Å²) in [5.41, 5.74) is 7.92. The van der Waals surface area contributed by atoms with Gasteiger partial charge in [-0.3, -0.25) is 0 Å². The first-order chi connectivity index (χ1) is 8.47. The fourth-order valence-corrected chi connectivity index (χ4v) is 2.02. The van der Waals surface area contributed by atoms with Crippen LogP contribution in [-0.4, -0.2) is 0 Å².